The third-order valence-electron chi connectivity index (χ3n) is 5.06. The summed E-state index contributed by atoms with van der Waals surface area (Å²) in [7, 11) is 0. The van der Waals surface area contributed by atoms with Crippen molar-refractivity contribution in [2.45, 2.75) is 31.7 Å². The van der Waals surface area contributed by atoms with E-state index in [9.17, 15) is 4.79 Å². The lowest BCUT2D eigenvalue weighted by molar-refractivity contribution is 0.0705. The molecule has 2 fully saturated rings. The Balaban J connectivity index is 0.00000182. The molecule has 1 saturated carbocycles. The Morgan fingerprint density at radius 1 is 1.12 bits per heavy atom. The molecule has 1 aliphatic heterocycles. The van der Waals surface area contributed by atoms with E-state index in [1.165, 1.54) is 12.8 Å². The molecule has 1 saturated heterocycles. The number of aromatic nitrogens is 2. The zero-order valence-electron chi connectivity index (χ0n) is 14.3. The van der Waals surface area contributed by atoms with Crippen molar-refractivity contribution in [2.24, 2.45) is 5.92 Å². The average Bonchev–Trinajstić information content (AvgIpc) is 3.31. The number of likely N-dealkylation sites (tertiary alicyclic amines) is 1. The second-order valence-corrected chi connectivity index (χ2v) is 6.92. The summed E-state index contributed by atoms with van der Waals surface area (Å²) in [6, 6.07) is 10.2. The smallest absolute Gasteiger partial charge is 0.253 e. The minimum atomic E-state index is 0. The summed E-state index contributed by atoms with van der Waals surface area (Å²) in [5, 5.41) is 7.87. The van der Waals surface area contributed by atoms with Gasteiger partial charge in [-0.2, -0.15) is 5.10 Å². The summed E-state index contributed by atoms with van der Waals surface area (Å²) >= 11 is 0. The minimum Gasteiger partial charge on any atom is -0.339 e. The van der Waals surface area contributed by atoms with Gasteiger partial charge >= 0.3 is 0 Å². The Bertz CT molecular complexity index is 674. The van der Waals surface area contributed by atoms with Crippen molar-refractivity contribution >= 4 is 18.3 Å². The van der Waals surface area contributed by atoms with Gasteiger partial charge in [0, 0.05) is 37.1 Å². The van der Waals surface area contributed by atoms with Crippen LogP contribution in [0.25, 0.3) is 5.69 Å². The Morgan fingerprint density at radius 2 is 1.84 bits per heavy atom. The van der Waals surface area contributed by atoms with Crippen LogP contribution in [0.2, 0.25) is 0 Å². The van der Waals surface area contributed by atoms with Crippen LogP contribution in [0, 0.1) is 5.92 Å². The molecular weight excluding hydrogens is 336 g/mol. The molecule has 0 unspecified atom stereocenters. The number of hydrogen-bond donors (Lipinski definition) is 1. The zero-order chi connectivity index (χ0) is 16.4. The molecule has 0 spiro atoms. The normalized spacial score (nSPS) is 18.0. The first-order valence-electron chi connectivity index (χ1n) is 8.92. The molecule has 1 aliphatic carbocycles. The average molecular weight is 361 g/mol. The van der Waals surface area contributed by atoms with Gasteiger partial charge in [0.05, 0.1) is 5.69 Å². The topological polar surface area (TPSA) is 50.2 Å². The highest BCUT2D eigenvalue weighted by molar-refractivity contribution is 5.94. The lowest BCUT2D eigenvalue weighted by Gasteiger charge is -2.32. The number of rotatable bonds is 5. The molecular formula is C19H25ClN4O. The van der Waals surface area contributed by atoms with Crippen LogP contribution in [0.3, 0.4) is 0 Å². The Hall–Kier alpha value is -1.85. The van der Waals surface area contributed by atoms with Gasteiger partial charge in [-0.15, -0.1) is 12.4 Å². The number of halogens is 1. The molecule has 2 aromatic rings. The maximum Gasteiger partial charge on any atom is 0.253 e. The number of carbonyl (C=O) groups is 1. The SMILES string of the molecule is Cl.O=C(c1ccc(-n2cccn2)cc1)N1CCC(NCC2CC2)CC1. The van der Waals surface area contributed by atoms with E-state index in [0.717, 1.165) is 49.6 Å². The molecule has 5 nitrogen and oxygen atoms in total. The Labute approximate surface area is 154 Å². The lowest BCUT2D eigenvalue weighted by atomic mass is 10.0. The maximum atomic E-state index is 12.7. The van der Waals surface area contributed by atoms with Crippen molar-refractivity contribution in [3.05, 3.63) is 48.3 Å². The lowest BCUT2D eigenvalue weighted by Crippen LogP contribution is -2.45. The van der Waals surface area contributed by atoms with Crippen LogP contribution >= 0.6 is 12.4 Å². The van der Waals surface area contributed by atoms with E-state index in [2.05, 4.69) is 10.4 Å². The van der Waals surface area contributed by atoms with Gasteiger partial charge in [0.15, 0.2) is 0 Å². The van der Waals surface area contributed by atoms with E-state index in [4.69, 9.17) is 0 Å². The molecule has 1 amide bonds. The molecule has 25 heavy (non-hydrogen) atoms. The number of carbonyl (C=O) groups excluding carboxylic acids is 1. The van der Waals surface area contributed by atoms with Crippen molar-refractivity contribution in [1.29, 1.82) is 0 Å². The van der Waals surface area contributed by atoms with Crippen LogP contribution in [0.4, 0.5) is 0 Å². The Morgan fingerprint density at radius 3 is 2.44 bits per heavy atom. The van der Waals surface area contributed by atoms with Gasteiger partial charge in [-0.25, -0.2) is 4.68 Å². The highest BCUT2D eigenvalue weighted by atomic mass is 35.5. The number of hydrogen-bond acceptors (Lipinski definition) is 3. The molecule has 1 aromatic heterocycles. The first kappa shape index (κ1) is 18.0. The summed E-state index contributed by atoms with van der Waals surface area (Å²) < 4.78 is 1.80. The predicted molar refractivity (Wildman–Crippen MR) is 100 cm³/mol. The van der Waals surface area contributed by atoms with Gasteiger partial charge in [0.2, 0.25) is 0 Å². The van der Waals surface area contributed by atoms with E-state index in [-0.39, 0.29) is 18.3 Å². The molecule has 6 heteroatoms. The fourth-order valence-corrected chi connectivity index (χ4v) is 3.30. The minimum absolute atomic E-state index is 0. The number of nitrogens with zero attached hydrogens (tertiary/aromatic N) is 3. The quantitative estimate of drug-likeness (QED) is 0.892. The van der Waals surface area contributed by atoms with E-state index >= 15 is 0 Å². The van der Waals surface area contributed by atoms with Gasteiger partial charge in [-0.3, -0.25) is 4.79 Å². The molecule has 0 radical (unpaired) electrons. The second kappa shape index (κ2) is 8.02. The van der Waals surface area contributed by atoms with Crippen molar-refractivity contribution in [3.63, 3.8) is 0 Å². The number of benzene rings is 1. The van der Waals surface area contributed by atoms with Crippen LogP contribution in [-0.4, -0.2) is 46.3 Å². The third-order valence-corrected chi connectivity index (χ3v) is 5.06. The van der Waals surface area contributed by atoms with Gasteiger partial charge in [0.1, 0.15) is 0 Å². The first-order chi connectivity index (χ1) is 11.8. The molecule has 134 valence electrons. The van der Waals surface area contributed by atoms with Crippen molar-refractivity contribution < 1.29 is 4.79 Å². The van der Waals surface area contributed by atoms with E-state index in [1.807, 2.05) is 41.4 Å². The molecule has 0 atom stereocenters. The summed E-state index contributed by atoms with van der Waals surface area (Å²) in [6.07, 6.45) is 8.54. The number of piperidine rings is 1. The largest absolute Gasteiger partial charge is 0.339 e. The number of nitrogens with one attached hydrogen (secondary N) is 1. The molecule has 1 aromatic carbocycles. The van der Waals surface area contributed by atoms with E-state index in [0.29, 0.717) is 6.04 Å². The highest BCUT2D eigenvalue weighted by Crippen LogP contribution is 2.28. The fraction of sp³-hybridized carbons (Fsp3) is 0.474. The first-order valence-corrected chi connectivity index (χ1v) is 8.92. The fourth-order valence-electron chi connectivity index (χ4n) is 3.30. The summed E-state index contributed by atoms with van der Waals surface area (Å²) in [5.41, 5.74) is 1.73. The number of amides is 1. The molecule has 1 N–H and O–H groups in total. The second-order valence-electron chi connectivity index (χ2n) is 6.92. The van der Waals surface area contributed by atoms with Crippen LogP contribution in [0.15, 0.2) is 42.7 Å². The summed E-state index contributed by atoms with van der Waals surface area (Å²) in [5.74, 6) is 1.06. The zero-order valence-corrected chi connectivity index (χ0v) is 15.1. The van der Waals surface area contributed by atoms with Gasteiger partial charge in [-0.1, -0.05) is 0 Å². The van der Waals surface area contributed by atoms with Crippen LogP contribution in [0.5, 0.6) is 0 Å². The van der Waals surface area contributed by atoms with Crippen LogP contribution in [-0.2, 0) is 0 Å². The molecule has 4 rings (SSSR count). The summed E-state index contributed by atoms with van der Waals surface area (Å²) in [6.45, 7) is 2.86. The van der Waals surface area contributed by atoms with Crippen LogP contribution in [0.1, 0.15) is 36.0 Å². The van der Waals surface area contributed by atoms with Crippen molar-refractivity contribution in [1.82, 2.24) is 20.0 Å². The molecule has 2 aliphatic rings. The van der Waals surface area contributed by atoms with E-state index < -0.39 is 0 Å². The van der Waals surface area contributed by atoms with Gasteiger partial charge in [-0.05, 0) is 68.5 Å². The van der Waals surface area contributed by atoms with E-state index in [1.54, 1.807) is 10.9 Å². The molecule has 0 bridgehead atoms. The highest BCUT2D eigenvalue weighted by Gasteiger charge is 2.26. The standard InChI is InChI=1S/C19H24N4O.ClH/c24-19(16-4-6-18(7-5-16)23-11-1-10-21-23)22-12-8-17(9-13-22)20-14-15-2-3-15;/h1,4-7,10-11,15,17,20H,2-3,8-9,12-14H2;1H. The van der Waals surface area contributed by atoms with Gasteiger partial charge in [0.25, 0.3) is 5.91 Å². The predicted octanol–water partition coefficient (Wildman–Crippen LogP) is 2.90. The van der Waals surface area contributed by atoms with Crippen molar-refractivity contribution in [3.8, 4) is 5.69 Å². The Kier molecular flexibility index (Phi) is 5.76. The maximum absolute atomic E-state index is 12.7. The third kappa shape index (κ3) is 4.41. The monoisotopic (exact) mass is 360 g/mol. The van der Waals surface area contributed by atoms with Gasteiger partial charge < -0.3 is 10.2 Å². The summed E-state index contributed by atoms with van der Waals surface area (Å²) in [4.78, 5) is 14.6. The van der Waals surface area contributed by atoms with Crippen LogP contribution < -0.4 is 5.32 Å². The van der Waals surface area contributed by atoms with Crippen molar-refractivity contribution in [2.75, 3.05) is 19.6 Å². The molecule has 2 heterocycles.